The highest BCUT2D eigenvalue weighted by molar-refractivity contribution is 5.85. The van der Waals surface area contributed by atoms with E-state index in [2.05, 4.69) is 86.1 Å². The summed E-state index contributed by atoms with van der Waals surface area (Å²) in [4.78, 5) is 20.5. The molecule has 1 aliphatic rings. The number of fused-ring (bicyclic) bond motifs is 2. The first-order chi connectivity index (χ1) is 22.1. The summed E-state index contributed by atoms with van der Waals surface area (Å²) in [6.07, 6.45) is 4.65. The fourth-order valence-corrected chi connectivity index (χ4v) is 6.41. The summed E-state index contributed by atoms with van der Waals surface area (Å²) in [5.41, 5.74) is 5.48. The molecule has 0 spiro atoms. The van der Waals surface area contributed by atoms with Gasteiger partial charge in [-0.1, -0.05) is 55.5 Å². The quantitative estimate of drug-likeness (QED) is 0.158. The average Bonchev–Trinajstić information content (AvgIpc) is 3.82. The Morgan fingerprint density at radius 3 is 2.40 bits per heavy atom. The molecule has 1 aliphatic heterocycles. The Kier molecular flexibility index (Phi) is 8.06. The fourth-order valence-electron chi connectivity index (χ4n) is 6.41. The number of ether oxygens (including phenoxy) is 1. The van der Waals surface area contributed by atoms with Gasteiger partial charge in [-0.25, -0.2) is 0 Å². The monoisotopic (exact) mass is 602 g/mol. The van der Waals surface area contributed by atoms with E-state index in [1.165, 1.54) is 0 Å². The Morgan fingerprint density at radius 2 is 1.64 bits per heavy atom. The molecule has 1 saturated heterocycles. The van der Waals surface area contributed by atoms with Crippen molar-refractivity contribution in [1.29, 1.82) is 0 Å². The lowest BCUT2D eigenvalue weighted by Gasteiger charge is -2.27. The number of aromatic nitrogens is 5. The largest absolute Gasteiger partial charge is 0.497 e. The number of aromatic amines is 2. The summed E-state index contributed by atoms with van der Waals surface area (Å²) in [5.74, 6) is 2.23. The third-order valence-corrected chi connectivity index (χ3v) is 8.87. The van der Waals surface area contributed by atoms with Crippen molar-refractivity contribution in [2.45, 2.75) is 37.9 Å². The van der Waals surface area contributed by atoms with Gasteiger partial charge < -0.3 is 35.2 Å². The number of methoxy groups -OCH3 is 1. The van der Waals surface area contributed by atoms with Gasteiger partial charge in [0.15, 0.2) is 5.82 Å². The first-order valence-corrected chi connectivity index (χ1v) is 15.5. The van der Waals surface area contributed by atoms with Gasteiger partial charge in [-0.3, -0.25) is 4.79 Å². The number of benzene rings is 3. The minimum atomic E-state index is -0.421. The van der Waals surface area contributed by atoms with Crippen LogP contribution in [0.3, 0.4) is 0 Å². The molecule has 230 valence electrons. The number of hydrogen-bond donors (Lipinski definition) is 5. The molecule has 1 amide bonds. The zero-order valence-corrected chi connectivity index (χ0v) is 25.5. The Balaban J connectivity index is 1.31. The summed E-state index contributed by atoms with van der Waals surface area (Å²) in [5, 5.41) is 22.0. The third-order valence-electron chi connectivity index (χ3n) is 8.87. The molecule has 6 aromatic rings. The van der Waals surface area contributed by atoms with Crippen LogP contribution in [0.25, 0.3) is 21.8 Å². The van der Waals surface area contributed by atoms with E-state index in [-0.39, 0.29) is 17.9 Å². The van der Waals surface area contributed by atoms with Crippen LogP contribution in [0.4, 0.5) is 0 Å². The fraction of sp³-hybridized carbons (Fsp3) is 0.286. The van der Waals surface area contributed by atoms with Gasteiger partial charge in [0, 0.05) is 66.2 Å². The maximum Gasteiger partial charge on any atom is 0.239 e. The number of H-pyrrole nitrogens is 2. The standard InChI is InChI=1S/C35H38N8O2/c1-22(28-19-39-30-10-6-4-8-27(28)30)33-41-42-34(43(33)21-23-11-13-25(45-2)14-12-23)31(40-35(44)32-20-36-15-16-37-32)17-24-18-38-29-9-5-3-7-26(24)29/h3-14,18-19,22,31-32,36-39H,15-17,20-21H2,1-2H3,(H,40,44)/t22?,31-,32?/m1/s1. The number of rotatable bonds is 10. The molecule has 7 rings (SSSR count). The van der Waals surface area contributed by atoms with E-state index in [0.29, 0.717) is 19.5 Å². The van der Waals surface area contributed by atoms with Gasteiger partial charge in [0.2, 0.25) is 5.91 Å². The summed E-state index contributed by atoms with van der Waals surface area (Å²) in [6, 6.07) is 23.9. The van der Waals surface area contributed by atoms with Crippen LogP contribution in [0.1, 0.15) is 47.2 Å². The van der Waals surface area contributed by atoms with E-state index < -0.39 is 6.04 Å². The van der Waals surface area contributed by atoms with E-state index in [1.807, 2.05) is 36.5 Å². The highest BCUT2D eigenvalue weighted by Gasteiger charge is 2.30. The second-order valence-electron chi connectivity index (χ2n) is 11.7. The summed E-state index contributed by atoms with van der Waals surface area (Å²) in [7, 11) is 1.67. The van der Waals surface area contributed by atoms with E-state index in [9.17, 15) is 4.79 Å². The van der Waals surface area contributed by atoms with Crippen LogP contribution in [-0.2, 0) is 17.8 Å². The van der Waals surface area contributed by atoms with Crippen molar-refractivity contribution in [2.75, 3.05) is 26.7 Å². The Bertz CT molecular complexity index is 1920. The molecule has 45 heavy (non-hydrogen) atoms. The highest BCUT2D eigenvalue weighted by atomic mass is 16.5. The first-order valence-electron chi connectivity index (χ1n) is 15.5. The molecule has 4 heterocycles. The number of carbonyl (C=O) groups excluding carboxylic acids is 1. The second-order valence-corrected chi connectivity index (χ2v) is 11.7. The summed E-state index contributed by atoms with van der Waals surface area (Å²) >= 11 is 0. The van der Waals surface area contributed by atoms with Crippen LogP contribution in [0.2, 0.25) is 0 Å². The molecule has 5 N–H and O–H groups in total. The van der Waals surface area contributed by atoms with Gasteiger partial charge in [0.25, 0.3) is 0 Å². The van der Waals surface area contributed by atoms with Gasteiger partial charge in [-0.2, -0.15) is 0 Å². The van der Waals surface area contributed by atoms with Crippen molar-refractivity contribution in [3.05, 3.63) is 114 Å². The summed E-state index contributed by atoms with van der Waals surface area (Å²) in [6.45, 7) is 4.86. The Hall–Kier alpha value is -4.93. The zero-order valence-electron chi connectivity index (χ0n) is 25.5. The van der Waals surface area contributed by atoms with Crippen molar-refractivity contribution in [3.8, 4) is 5.75 Å². The molecule has 3 aromatic carbocycles. The number of nitrogens with one attached hydrogen (secondary N) is 5. The Morgan fingerprint density at radius 1 is 0.933 bits per heavy atom. The lowest BCUT2D eigenvalue weighted by Crippen LogP contribution is -2.56. The minimum Gasteiger partial charge on any atom is -0.497 e. The highest BCUT2D eigenvalue weighted by Crippen LogP contribution is 2.32. The van der Waals surface area contributed by atoms with E-state index >= 15 is 0 Å². The molecule has 0 bridgehead atoms. The molecule has 1 fully saturated rings. The normalized spacial score (nSPS) is 16.5. The maximum absolute atomic E-state index is 13.7. The van der Waals surface area contributed by atoms with Crippen molar-refractivity contribution in [3.63, 3.8) is 0 Å². The van der Waals surface area contributed by atoms with Gasteiger partial charge in [0.1, 0.15) is 11.6 Å². The minimum absolute atomic E-state index is 0.0581. The lowest BCUT2D eigenvalue weighted by molar-refractivity contribution is -0.124. The number of hydrogen-bond acceptors (Lipinski definition) is 6. The predicted octanol–water partition coefficient (Wildman–Crippen LogP) is 4.41. The molecular weight excluding hydrogens is 564 g/mol. The van der Waals surface area contributed by atoms with Crippen molar-refractivity contribution < 1.29 is 9.53 Å². The second kappa shape index (κ2) is 12.6. The number of piperazine rings is 1. The molecule has 0 radical (unpaired) electrons. The van der Waals surface area contributed by atoms with E-state index in [0.717, 1.165) is 69.0 Å². The number of amides is 1. The van der Waals surface area contributed by atoms with Crippen LogP contribution in [0.15, 0.2) is 85.2 Å². The van der Waals surface area contributed by atoms with Gasteiger partial charge in [-0.15, -0.1) is 10.2 Å². The molecule has 0 aliphatic carbocycles. The summed E-state index contributed by atoms with van der Waals surface area (Å²) < 4.78 is 7.60. The lowest BCUT2D eigenvalue weighted by atomic mass is 9.99. The SMILES string of the molecule is COc1ccc(Cn2c(C(C)c3c[nH]c4ccccc34)nnc2[C@@H](Cc2c[nH]c3ccccc23)NC(=O)C2CNCCN2)cc1. The molecule has 0 saturated carbocycles. The van der Waals surface area contributed by atoms with Crippen LogP contribution >= 0.6 is 0 Å². The van der Waals surface area contributed by atoms with Crippen LogP contribution in [0, 0.1) is 0 Å². The molecular formula is C35H38N8O2. The Labute approximate surface area is 261 Å². The van der Waals surface area contributed by atoms with E-state index in [4.69, 9.17) is 14.9 Å². The van der Waals surface area contributed by atoms with Crippen LogP contribution < -0.4 is 20.7 Å². The zero-order chi connectivity index (χ0) is 30.8. The molecule has 3 atom stereocenters. The number of nitrogens with zero attached hydrogens (tertiary/aromatic N) is 3. The molecule has 2 unspecified atom stereocenters. The third kappa shape index (κ3) is 5.82. The van der Waals surface area contributed by atoms with Crippen molar-refractivity contribution >= 4 is 27.7 Å². The maximum atomic E-state index is 13.7. The smallest absolute Gasteiger partial charge is 0.239 e. The van der Waals surface area contributed by atoms with Crippen molar-refractivity contribution in [1.82, 2.24) is 40.7 Å². The van der Waals surface area contributed by atoms with Crippen LogP contribution in [0.5, 0.6) is 5.75 Å². The molecule has 10 heteroatoms. The first kappa shape index (κ1) is 28.8. The predicted molar refractivity (Wildman–Crippen MR) is 175 cm³/mol. The topological polar surface area (TPSA) is 125 Å². The van der Waals surface area contributed by atoms with E-state index in [1.54, 1.807) is 7.11 Å². The molecule has 10 nitrogen and oxygen atoms in total. The number of para-hydroxylation sites is 2. The van der Waals surface area contributed by atoms with Gasteiger partial charge in [-0.05, 0) is 41.0 Å². The van der Waals surface area contributed by atoms with Gasteiger partial charge >= 0.3 is 0 Å². The van der Waals surface area contributed by atoms with Gasteiger partial charge in [0.05, 0.1) is 25.7 Å². The van der Waals surface area contributed by atoms with Crippen molar-refractivity contribution in [2.24, 2.45) is 0 Å². The average molecular weight is 603 g/mol. The molecule has 3 aromatic heterocycles. The number of carbonyl (C=O) groups is 1. The van der Waals surface area contributed by atoms with Crippen LogP contribution in [-0.4, -0.2) is 63.4 Å².